The van der Waals surface area contributed by atoms with Gasteiger partial charge in [-0.3, -0.25) is 0 Å². The van der Waals surface area contributed by atoms with Gasteiger partial charge in [0.05, 0.1) is 25.1 Å². The smallest absolute Gasteiger partial charge is 0.214 e. The summed E-state index contributed by atoms with van der Waals surface area (Å²) in [6, 6.07) is 0. The van der Waals surface area contributed by atoms with Gasteiger partial charge < -0.3 is 9.47 Å². The van der Waals surface area contributed by atoms with Crippen LogP contribution < -0.4 is 4.72 Å². The Kier molecular flexibility index (Phi) is 9.72. The molecule has 0 bridgehead atoms. The summed E-state index contributed by atoms with van der Waals surface area (Å²) in [4.78, 5) is 0. The summed E-state index contributed by atoms with van der Waals surface area (Å²) in [5.74, 6) is 0. The van der Waals surface area contributed by atoms with Crippen LogP contribution in [0.4, 0.5) is 0 Å². The van der Waals surface area contributed by atoms with Crippen molar-refractivity contribution in [3.63, 3.8) is 0 Å². The quantitative estimate of drug-likeness (QED) is 0.570. The Morgan fingerprint density at radius 3 is 2.18 bits per heavy atom. The number of sulfonamides is 1. The Balaban J connectivity index is 3.30. The molecule has 0 spiro atoms. The van der Waals surface area contributed by atoms with Crippen molar-refractivity contribution in [1.82, 2.24) is 4.72 Å². The summed E-state index contributed by atoms with van der Waals surface area (Å²) < 4.78 is 35.7. The topological polar surface area (TPSA) is 64.6 Å². The van der Waals surface area contributed by atoms with Gasteiger partial charge in [-0.05, 0) is 20.3 Å². The van der Waals surface area contributed by atoms with Crippen LogP contribution >= 0.6 is 0 Å². The van der Waals surface area contributed by atoms with Crippen molar-refractivity contribution in [2.75, 3.05) is 33.0 Å². The molecular formula is C11H25NO4S. The van der Waals surface area contributed by atoms with Crippen molar-refractivity contribution in [3.05, 3.63) is 0 Å². The minimum absolute atomic E-state index is 0.315. The molecule has 6 heteroatoms. The number of nitrogens with one attached hydrogen (secondary N) is 1. The van der Waals surface area contributed by atoms with Crippen molar-refractivity contribution in [3.8, 4) is 0 Å². The molecule has 0 saturated carbocycles. The molecule has 0 aliphatic rings. The zero-order chi connectivity index (χ0) is 13.1. The summed E-state index contributed by atoms with van der Waals surface area (Å²) in [5.41, 5.74) is 0. The van der Waals surface area contributed by atoms with Crippen LogP contribution in [0.1, 0.15) is 33.6 Å². The van der Waals surface area contributed by atoms with Crippen LogP contribution in [0.3, 0.4) is 0 Å². The maximum Gasteiger partial charge on any atom is 0.214 e. The number of rotatable bonds is 11. The first-order valence-electron chi connectivity index (χ1n) is 6.14. The van der Waals surface area contributed by atoms with E-state index < -0.39 is 15.3 Å². The summed E-state index contributed by atoms with van der Waals surface area (Å²) in [6.45, 7) is 7.93. The van der Waals surface area contributed by atoms with E-state index in [4.69, 9.17) is 9.47 Å². The van der Waals surface area contributed by atoms with Crippen molar-refractivity contribution < 1.29 is 17.9 Å². The van der Waals surface area contributed by atoms with Crippen LogP contribution in [-0.4, -0.2) is 46.6 Å². The molecule has 104 valence electrons. The molecule has 0 aromatic rings. The minimum atomic E-state index is -3.16. The molecule has 0 saturated heterocycles. The molecule has 5 nitrogen and oxygen atoms in total. The van der Waals surface area contributed by atoms with Gasteiger partial charge >= 0.3 is 0 Å². The average Bonchev–Trinajstić information content (AvgIpc) is 2.26. The van der Waals surface area contributed by atoms with Crippen LogP contribution in [0.25, 0.3) is 0 Å². The molecule has 17 heavy (non-hydrogen) atoms. The number of unbranched alkanes of at least 4 members (excludes halogenated alkanes) is 1. The van der Waals surface area contributed by atoms with Crippen molar-refractivity contribution in [2.45, 2.75) is 38.9 Å². The fourth-order valence-corrected chi connectivity index (χ4v) is 1.69. The van der Waals surface area contributed by atoms with Gasteiger partial charge in [-0.15, -0.1) is 0 Å². The number of ether oxygens (including phenoxy) is 2. The van der Waals surface area contributed by atoms with E-state index in [1.165, 1.54) is 0 Å². The second kappa shape index (κ2) is 9.82. The second-order valence-electron chi connectivity index (χ2n) is 4.07. The predicted octanol–water partition coefficient (Wildman–Crippen LogP) is 1.15. The van der Waals surface area contributed by atoms with Gasteiger partial charge in [0.1, 0.15) is 0 Å². The Morgan fingerprint density at radius 1 is 1.06 bits per heavy atom. The van der Waals surface area contributed by atoms with Crippen LogP contribution in [0.15, 0.2) is 0 Å². The maximum absolute atomic E-state index is 11.3. The van der Waals surface area contributed by atoms with Crippen molar-refractivity contribution in [2.24, 2.45) is 0 Å². The summed E-state index contributed by atoms with van der Waals surface area (Å²) in [7, 11) is -3.16. The Hall–Kier alpha value is -0.170. The zero-order valence-electron chi connectivity index (χ0n) is 11.1. The highest BCUT2D eigenvalue weighted by Gasteiger charge is 2.13. The number of hydrogen-bond acceptors (Lipinski definition) is 4. The molecule has 0 radical (unpaired) electrons. The van der Waals surface area contributed by atoms with Gasteiger partial charge in [0.25, 0.3) is 0 Å². The number of hydrogen-bond donors (Lipinski definition) is 1. The van der Waals surface area contributed by atoms with Gasteiger partial charge in [0, 0.05) is 13.2 Å². The van der Waals surface area contributed by atoms with Crippen LogP contribution in [0.5, 0.6) is 0 Å². The largest absolute Gasteiger partial charge is 0.379 e. The molecule has 1 N–H and O–H groups in total. The summed E-state index contributed by atoms with van der Waals surface area (Å²) >= 11 is 0. The average molecular weight is 267 g/mol. The molecule has 0 rings (SSSR count). The second-order valence-corrected chi connectivity index (χ2v) is 6.39. The fourth-order valence-electron chi connectivity index (χ4n) is 0.991. The third-order valence-electron chi connectivity index (χ3n) is 2.18. The fraction of sp³-hybridized carbons (Fsp3) is 1.00. The maximum atomic E-state index is 11.3. The monoisotopic (exact) mass is 267 g/mol. The SMILES string of the molecule is CCCCOCCOCCNS(=O)(=O)C(C)C. The third kappa shape index (κ3) is 9.52. The molecule has 0 aromatic heterocycles. The first-order chi connectivity index (χ1) is 8.00. The molecule has 0 unspecified atom stereocenters. The Labute approximate surface area is 105 Å². The van der Waals surface area contributed by atoms with E-state index in [0.717, 1.165) is 19.4 Å². The normalized spacial score (nSPS) is 12.2. The lowest BCUT2D eigenvalue weighted by atomic mass is 10.4. The van der Waals surface area contributed by atoms with Gasteiger partial charge in [0.2, 0.25) is 10.0 Å². The van der Waals surface area contributed by atoms with Gasteiger partial charge in [-0.25, -0.2) is 13.1 Å². The Morgan fingerprint density at radius 2 is 1.65 bits per heavy atom. The van der Waals surface area contributed by atoms with Crippen LogP contribution in [0, 0.1) is 0 Å². The lowest BCUT2D eigenvalue weighted by Crippen LogP contribution is -2.33. The molecule has 0 aromatic carbocycles. The standard InChI is InChI=1S/C11H25NO4S/c1-4-5-7-15-9-10-16-8-6-12-17(13,14)11(2)3/h11-12H,4-10H2,1-3H3. The molecule has 0 fully saturated rings. The van der Waals surface area contributed by atoms with E-state index in [-0.39, 0.29) is 0 Å². The first kappa shape index (κ1) is 16.8. The Bertz CT molecular complexity index is 265. The third-order valence-corrected chi connectivity index (χ3v) is 4.03. The predicted molar refractivity (Wildman–Crippen MR) is 68.6 cm³/mol. The van der Waals surface area contributed by atoms with E-state index in [1.54, 1.807) is 13.8 Å². The van der Waals surface area contributed by atoms with E-state index in [0.29, 0.717) is 26.4 Å². The molecule has 0 atom stereocenters. The summed E-state index contributed by atoms with van der Waals surface area (Å²) in [6.07, 6.45) is 2.19. The lowest BCUT2D eigenvalue weighted by molar-refractivity contribution is 0.0489. The van der Waals surface area contributed by atoms with Gasteiger partial charge in [0.15, 0.2) is 0 Å². The highest BCUT2D eigenvalue weighted by molar-refractivity contribution is 7.90. The van der Waals surface area contributed by atoms with Crippen LogP contribution in [-0.2, 0) is 19.5 Å². The summed E-state index contributed by atoms with van der Waals surface area (Å²) in [5, 5.41) is -0.403. The van der Waals surface area contributed by atoms with Crippen LogP contribution in [0.2, 0.25) is 0 Å². The molecule has 0 aliphatic carbocycles. The highest BCUT2D eigenvalue weighted by atomic mass is 32.2. The van der Waals surface area contributed by atoms with E-state index >= 15 is 0 Å². The van der Waals surface area contributed by atoms with E-state index in [9.17, 15) is 8.42 Å². The zero-order valence-corrected chi connectivity index (χ0v) is 11.9. The van der Waals surface area contributed by atoms with Crippen molar-refractivity contribution in [1.29, 1.82) is 0 Å². The van der Waals surface area contributed by atoms with Gasteiger partial charge in [-0.1, -0.05) is 13.3 Å². The lowest BCUT2D eigenvalue weighted by Gasteiger charge is -2.09. The van der Waals surface area contributed by atoms with E-state index in [1.807, 2.05) is 0 Å². The van der Waals surface area contributed by atoms with E-state index in [2.05, 4.69) is 11.6 Å². The molecule has 0 amide bonds. The van der Waals surface area contributed by atoms with Crippen molar-refractivity contribution >= 4 is 10.0 Å². The molecule has 0 aliphatic heterocycles. The first-order valence-corrected chi connectivity index (χ1v) is 7.69. The molecule has 0 heterocycles. The highest BCUT2D eigenvalue weighted by Crippen LogP contribution is 1.94. The van der Waals surface area contributed by atoms with Gasteiger partial charge in [-0.2, -0.15) is 0 Å². The molecular weight excluding hydrogens is 242 g/mol. The minimum Gasteiger partial charge on any atom is -0.379 e.